The van der Waals surface area contributed by atoms with Crippen molar-refractivity contribution in [2.24, 2.45) is 0 Å². The van der Waals surface area contributed by atoms with Gasteiger partial charge in [-0.25, -0.2) is 0 Å². The van der Waals surface area contributed by atoms with Gasteiger partial charge in [0.25, 0.3) is 5.69 Å². The highest BCUT2D eigenvalue weighted by Crippen LogP contribution is 2.21. The van der Waals surface area contributed by atoms with Gasteiger partial charge < -0.3 is 10.5 Å². The molecule has 0 unspecified atom stereocenters. The maximum Gasteiger partial charge on any atom is 0.278 e. The van der Waals surface area contributed by atoms with E-state index in [9.17, 15) is 10.1 Å². The number of ether oxygens (including phenoxy) is 1. The smallest absolute Gasteiger partial charge is 0.278 e. The molecule has 0 saturated heterocycles. The molecule has 98 valence electrons. The quantitative estimate of drug-likeness (QED) is 0.686. The molecule has 19 heavy (non-hydrogen) atoms. The summed E-state index contributed by atoms with van der Waals surface area (Å²) in [5.41, 5.74) is 6.19. The summed E-state index contributed by atoms with van der Waals surface area (Å²) in [5, 5.41) is 11.3. The van der Waals surface area contributed by atoms with E-state index in [0.29, 0.717) is 5.02 Å². The second-order valence-corrected chi connectivity index (χ2v) is 4.20. The molecule has 2 rings (SSSR count). The molecule has 1 heterocycles. The molecule has 0 aliphatic heterocycles. The van der Waals surface area contributed by atoms with Crippen LogP contribution >= 0.6 is 11.6 Å². The maximum absolute atomic E-state index is 10.7. The SMILES string of the molecule is Nc1cc([N+](=O)[O-])cc(OCc2ccc(Cl)cc2)n1. The van der Waals surface area contributed by atoms with Crippen LogP contribution in [0.2, 0.25) is 5.02 Å². The van der Waals surface area contributed by atoms with Crippen LogP contribution in [0.5, 0.6) is 5.88 Å². The fourth-order valence-corrected chi connectivity index (χ4v) is 1.55. The van der Waals surface area contributed by atoms with Crippen LogP contribution in [-0.4, -0.2) is 9.91 Å². The lowest BCUT2D eigenvalue weighted by Crippen LogP contribution is -2.01. The standard InChI is InChI=1S/C12H10ClN3O3/c13-9-3-1-8(2-4-9)7-19-12-6-10(16(17)18)5-11(14)15-12/h1-6H,7H2,(H2,14,15). The van der Waals surface area contributed by atoms with Crippen molar-refractivity contribution in [2.45, 2.75) is 6.61 Å². The second-order valence-electron chi connectivity index (χ2n) is 3.76. The van der Waals surface area contributed by atoms with Crippen LogP contribution in [0.1, 0.15) is 5.56 Å². The fraction of sp³-hybridized carbons (Fsp3) is 0.0833. The van der Waals surface area contributed by atoms with Crippen molar-refractivity contribution in [2.75, 3.05) is 5.73 Å². The molecule has 0 fully saturated rings. The monoisotopic (exact) mass is 279 g/mol. The predicted octanol–water partition coefficient (Wildman–Crippen LogP) is 2.80. The number of anilines is 1. The summed E-state index contributed by atoms with van der Waals surface area (Å²) < 4.78 is 5.36. The topological polar surface area (TPSA) is 91.3 Å². The Labute approximate surface area is 113 Å². The number of nitrogens with zero attached hydrogens (tertiary/aromatic N) is 2. The first-order valence-corrected chi connectivity index (χ1v) is 5.71. The highest BCUT2D eigenvalue weighted by molar-refractivity contribution is 6.30. The summed E-state index contributed by atoms with van der Waals surface area (Å²) >= 11 is 5.76. The summed E-state index contributed by atoms with van der Waals surface area (Å²) in [4.78, 5) is 14.0. The first-order chi connectivity index (χ1) is 9.04. The lowest BCUT2D eigenvalue weighted by atomic mass is 10.2. The third-order valence-corrected chi connectivity index (χ3v) is 2.57. The summed E-state index contributed by atoms with van der Waals surface area (Å²) in [6.07, 6.45) is 0. The summed E-state index contributed by atoms with van der Waals surface area (Å²) in [6.45, 7) is 0.227. The Morgan fingerprint density at radius 1 is 1.32 bits per heavy atom. The Balaban J connectivity index is 2.11. The number of pyridine rings is 1. The van der Waals surface area contributed by atoms with Crippen LogP contribution in [0.4, 0.5) is 11.5 Å². The second kappa shape index (κ2) is 5.53. The highest BCUT2D eigenvalue weighted by Gasteiger charge is 2.10. The van der Waals surface area contributed by atoms with Gasteiger partial charge in [-0.15, -0.1) is 0 Å². The van der Waals surface area contributed by atoms with Crippen LogP contribution in [0.3, 0.4) is 0 Å². The van der Waals surface area contributed by atoms with Gasteiger partial charge >= 0.3 is 0 Å². The van der Waals surface area contributed by atoms with Gasteiger partial charge in [0.1, 0.15) is 12.4 Å². The van der Waals surface area contributed by atoms with Crippen LogP contribution in [0.25, 0.3) is 0 Å². The van der Waals surface area contributed by atoms with Crippen molar-refractivity contribution >= 4 is 23.1 Å². The lowest BCUT2D eigenvalue weighted by Gasteiger charge is -2.06. The molecule has 2 aromatic rings. The van der Waals surface area contributed by atoms with E-state index in [1.54, 1.807) is 24.3 Å². The van der Waals surface area contributed by atoms with Crippen LogP contribution in [0.15, 0.2) is 36.4 Å². The van der Waals surface area contributed by atoms with Gasteiger partial charge in [0.05, 0.1) is 17.1 Å². The molecule has 7 heteroatoms. The van der Waals surface area contributed by atoms with E-state index in [-0.39, 0.29) is 24.0 Å². The molecule has 2 N–H and O–H groups in total. The molecular weight excluding hydrogens is 270 g/mol. The third kappa shape index (κ3) is 3.56. The number of hydrogen-bond donors (Lipinski definition) is 1. The van der Waals surface area contributed by atoms with Gasteiger partial charge in [-0.3, -0.25) is 10.1 Å². The lowest BCUT2D eigenvalue weighted by molar-refractivity contribution is -0.384. The fourth-order valence-electron chi connectivity index (χ4n) is 1.43. The molecule has 0 saturated carbocycles. The Kier molecular flexibility index (Phi) is 3.82. The predicted molar refractivity (Wildman–Crippen MR) is 71.1 cm³/mol. The third-order valence-electron chi connectivity index (χ3n) is 2.32. The van der Waals surface area contributed by atoms with Gasteiger partial charge in [-0.1, -0.05) is 23.7 Å². The molecule has 0 bridgehead atoms. The van der Waals surface area contributed by atoms with Crippen molar-refractivity contribution in [3.63, 3.8) is 0 Å². The molecule has 0 aliphatic rings. The first-order valence-electron chi connectivity index (χ1n) is 5.34. The molecule has 0 radical (unpaired) electrons. The average molecular weight is 280 g/mol. The zero-order chi connectivity index (χ0) is 13.8. The van der Waals surface area contributed by atoms with E-state index >= 15 is 0 Å². The van der Waals surface area contributed by atoms with E-state index in [1.165, 1.54) is 12.1 Å². The number of benzene rings is 1. The first kappa shape index (κ1) is 13.1. The van der Waals surface area contributed by atoms with Crippen LogP contribution < -0.4 is 10.5 Å². The van der Waals surface area contributed by atoms with Crippen molar-refractivity contribution < 1.29 is 9.66 Å². The van der Waals surface area contributed by atoms with E-state index in [2.05, 4.69) is 4.98 Å². The van der Waals surface area contributed by atoms with E-state index in [0.717, 1.165) is 5.56 Å². The Morgan fingerprint density at radius 2 is 2.00 bits per heavy atom. The number of nitrogen functional groups attached to an aromatic ring is 1. The Morgan fingerprint density at radius 3 is 2.63 bits per heavy atom. The molecule has 0 aliphatic carbocycles. The summed E-state index contributed by atoms with van der Waals surface area (Å²) in [6, 6.07) is 9.46. The van der Waals surface area contributed by atoms with E-state index in [4.69, 9.17) is 22.1 Å². The number of hydrogen-bond acceptors (Lipinski definition) is 5. The normalized spacial score (nSPS) is 10.2. The maximum atomic E-state index is 10.7. The zero-order valence-electron chi connectivity index (χ0n) is 9.75. The zero-order valence-corrected chi connectivity index (χ0v) is 10.5. The van der Waals surface area contributed by atoms with E-state index in [1.807, 2.05) is 0 Å². The Hall–Kier alpha value is -2.34. The van der Waals surface area contributed by atoms with Gasteiger partial charge in [0.2, 0.25) is 5.88 Å². The highest BCUT2D eigenvalue weighted by atomic mass is 35.5. The molecule has 1 aromatic heterocycles. The Bertz CT molecular complexity index is 602. The van der Waals surface area contributed by atoms with Gasteiger partial charge in [0.15, 0.2) is 0 Å². The largest absolute Gasteiger partial charge is 0.473 e. The molecular formula is C12H10ClN3O3. The number of nitro groups is 1. The van der Waals surface area contributed by atoms with E-state index < -0.39 is 4.92 Å². The van der Waals surface area contributed by atoms with Crippen LogP contribution in [-0.2, 0) is 6.61 Å². The van der Waals surface area contributed by atoms with Crippen LogP contribution in [0, 0.1) is 10.1 Å². The summed E-state index contributed by atoms with van der Waals surface area (Å²) in [5.74, 6) is 0.155. The molecule has 0 atom stereocenters. The van der Waals surface area contributed by atoms with Crippen molar-refractivity contribution in [3.05, 3.63) is 57.1 Å². The number of halogens is 1. The molecule has 1 aromatic carbocycles. The van der Waals surface area contributed by atoms with Crippen molar-refractivity contribution in [1.82, 2.24) is 4.98 Å². The molecule has 0 spiro atoms. The van der Waals surface area contributed by atoms with Gasteiger partial charge in [0, 0.05) is 5.02 Å². The number of rotatable bonds is 4. The minimum absolute atomic E-state index is 0.0420. The molecule has 6 nitrogen and oxygen atoms in total. The molecule has 0 amide bonds. The number of aromatic nitrogens is 1. The van der Waals surface area contributed by atoms with Crippen molar-refractivity contribution in [1.29, 1.82) is 0 Å². The summed E-state index contributed by atoms with van der Waals surface area (Å²) in [7, 11) is 0. The van der Waals surface area contributed by atoms with Gasteiger partial charge in [-0.05, 0) is 17.7 Å². The average Bonchev–Trinajstić information content (AvgIpc) is 2.37. The minimum atomic E-state index is -0.548. The number of nitrogens with two attached hydrogens (primary N) is 1. The van der Waals surface area contributed by atoms with Crippen molar-refractivity contribution in [3.8, 4) is 5.88 Å². The van der Waals surface area contributed by atoms with Gasteiger partial charge in [-0.2, -0.15) is 4.98 Å². The minimum Gasteiger partial charge on any atom is -0.473 e.